The second-order valence-corrected chi connectivity index (χ2v) is 7.51. The second-order valence-electron chi connectivity index (χ2n) is 6.65. The molecule has 0 saturated carbocycles. The second kappa shape index (κ2) is 7.27. The summed E-state index contributed by atoms with van der Waals surface area (Å²) in [5.41, 5.74) is 1.42. The number of Topliss-reactive ketones (excluding diaryl/α,β-unsaturated/α-hetero) is 1. The number of carbonyl (C=O) groups is 3. The van der Waals surface area contributed by atoms with Crippen molar-refractivity contribution in [1.29, 1.82) is 0 Å². The van der Waals surface area contributed by atoms with Crippen LogP contribution in [0.3, 0.4) is 0 Å². The van der Waals surface area contributed by atoms with E-state index in [9.17, 15) is 14.4 Å². The van der Waals surface area contributed by atoms with Crippen LogP contribution in [0.15, 0.2) is 40.9 Å². The molecule has 4 rings (SSSR count). The van der Waals surface area contributed by atoms with Crippen LogP contribution in [-0.2, 0) is 9.59 Å². The summed E-state index contributed by atoms with van der Waals surface area (Å²) in [6.45, 7) is 1.76. The lowest BCUT2D eigenvalue weighted by Crippen LogP contribution is -2.28. The van der Waals surface area contributed by atoms with Crippen LogP contribution in [0.4, 0.5) is 11.4 Å². The van der Waals surface area contributed by atoms with Gasteiger partial charge in [-0.3, -0.25) is 14.4 Å². The van der Waals surface area contributed by atoms with Gasteiger partial charge in [-0.15, -0.1) is 0 Å². The summed E-state index contributed by atoms with van der Waals surface area (Å²) >= 11 is 3.44. The van der Waals surface area contributed by atoms with E-state index < -0.39 is 5.92 Å². The van der Waals surface area contributed by atoms with Gasteiger partial charge in [0.2, 0.25) is 18.6 Å². The molecule has 1 saturated heterocycles. The van der Waals surface area contributed by atoms with Crippen LogP contribution in [0.2, 0.25) is 0 Å². The molecule has 0 radical (unpaired) electrons. The predicted octanol–water partition coefficient (Wildman–Crippen LogP) is 3.37. The van der Waals surface area contributed by atoms with Gasteiger partial charge in [-0.2, -0.15) is 0 Å². The van der Waals surface area contributed by atoms with Crippen molar-refractivity contribution in [3.63, 3.8) is 0 Å². The van der Waals surface area contributed by atoms with Crippen LogP contribution in [0.25, 0.3) is 0 Å². The maximum Gasteiger partial charge on any atom is 0.231 e. The Morgan fingerprint density at radius 2 is 1.89 bits per heavy atom. The average molecular weight is 445 g/mol. The molecule has 2 aromatic rings. The first-order chi connectivity index (χ1) is 13.4. The number of hydrogen-bond acceptors (Lipinski definition) is 5. The Bertz CT molecular complexity index is 991. The number of ketones is 1. The number of nitrogens with zero attached hydrogens (tertiary/aromatic N) is 1. The topological polar surface area (TPSA) is 84.9 Å². The number of halogens is 1. The summed E-state index contributed by atoms with van der Waals surface area (Å²) in [5.74, 6) is -0.221. The number of carbonyl (C=O) groups excluding carboxylic acids is 3. The van der Waals surface area contributed by atoms with Crippen LogP contribution < -0.4 is 19.7 Å². The molecule has 0 aromatic heterocycles. The zero-order valence-electron chi connectivity index (χ0n) is 15.0. The molecular formula is C20H17BrN2O5. The lowest BCUT2D eigenvalue weighted by molar-refractivity contribution is -0.122. The largest absolute Gasteiger partial charge is 0.454 e. The smallest absolute Gasteiger partial charge is 0.231 e. The van der Waals surface area contributed by atoms with Crippen molar-refractivity contribution in [2.24, 2.45) is 5.92 Å². The Balaban J connectivity index is 1.54. The third-order valence-corrected chi connectivity index (χ3v) is 5.46. The molecule has 2 amide bonds. The minimum Gasteiger partial charge on any atom is -0.454 e. The van der Waals surface area contributed by atoms with Crippen molar-refractivity contribution in [2.45, 2.75) is 13.3 Å². The summed E-state index contributed by atoms with van der Waals surface area (Å²) in [7, 11) is 0. The van der Waals surface area contributed by atoms with Gasteiger partial charge >= 0.3 is 0 Å². The minimum atomic E-state index is -0.523. The zero-order valence-corrected chi connectivity index (χ0v) is 16.6. The lowest BCUT2D eigenvalue weighted by atomic mass is 10.1. The third kappa shape index (κ3) is 3.35. The van der Waals surface area contributed by atoms with Crippen LogP contribution in [0.5, 0.6) is 11.5 Å². The van der Waals surface area contributed by atoms with Gasteiger partial charge in [0.05, 0.1) is 17.3 Å². The quantitative estimate of drug-likeness (QED) is 0.730. The summed E-state index contributed by atoms with van der Waals surface area (Å²) in [6.07, 6.45) is 0.104. The van der Waals surface area contributed by atoms with Crippen molar-refractivity contribution in [2.75, 3.05) is 23.6 Å². The van der Waals surface area contributed by atoms with Crippen LogP contribution in [0.1, 0.15) is 23.7 Å². The maximum absolute atomic E-state index is 12.8. The normalized spacial score (nSPS) is 17.7. The fourth-order valence-electron chi connectivity index (χ4n) is 3.36. The monoisotopic (exact) mass is 444 g/mol. The maximum atomic E-state index is 12.8. The Hall–Kier alpha value is -2.87. The highest BCUT2D eigenvalue weighted by Crippen LogP contribution is 2.38. The van der Waals surface area contributed by atoms with E-state index in [2.05, 4.69) is 21.2 Å². The van der Waals surface area contributed by atoms with Crippen molar-refractivity contribution in [1.82, 2.24) is 0 Å². The van der Waals surface area contributed by atoms with Crippen molar-refractivity contribution in [3.8, 4) is 11.5 Å². The molecule has 0 spiro atoms. The molecule has 144 valence electrons. The first-order valence-corrected chi connectivity index (χ1v) is 9.53. The first kappa shape index (κ1) is 18.5. The molecule has 1 fully saturated rings. The van der Waals surface area contributed by atoms with Crippen molar-refractivity contribution < 1.29 is 23.9 Å². The molecule has 2 aliphatic rings. The van der Waals surface area contributed by atoms with Crippen molar-refractivity contribution in [3.05, 3.63) is 46.4 Å². The molecule has 8 heteroatoms. The van der Waals surface area contributed by atoms with Crippen LogP contribution in [-0.4, -0.2) is 30.9 Å². The third-order valence-electron chi connectivity index (χ3n) is 4.79. The van der Waals surface area contributed by atoms with Crippen LogP contribution in [0, 0.1) is 5.92 Å². The van der Waals surface area contributed by atoms with E-state index in [1.807, 2.05) is 24.3 Å². The number of rotatable bonds is 4. The SMILES string of the molecule is CC(=O)c1cc2c(cc1NC(=O)C1CC(=O)N(c3ccccc3Br)C1)OCO2. The van der Waals surface area contributed by atoms with Gasteiger partial charge in [-0.25, -0.2) is 0 Å². The Morgan fingerprint density at radius 1 is 1.18 bits per heavy atom. The van der Waals surface area contributed by atoms with E-state index in [-0.39, 0.29) is 37.4 Å². The van der Waals surface area contributed by atoms with Crippen LogP contribution >= 0.6 is 15.9 Å². The highest BCUT2D eigenvalue weighted by atomic mass is 79.9. The standard InChI is InChI=1S/C20H17BrN2O5/c1-11(24)13-7-17-18(28-10-27-17)8-15(13)22-20(26)12-6-19(25)23(9-12)16-5-3-2-4-14(16)21/h2-5,7-8,12H,6,9-10H2,1H3,(H,22,26). The van der Waals surface area contributed by atoms with Gasteiger partial charge in [-0.05, 0) is 41.1 Å². The molecule has 1 atom stereocenters. The zero-order chi connectivity index (χ0) is 19.8. The number of nitrogens with one attached hydrogen (secondary N) is 1. The molecule has 1 N–H and O–H groups in total. The van der Waals surface area contributed by atoms with E-state index in [0.717, 1.165) is 10.2 Å². The first-order valence-electron chi connectivity index (χ1n) is 8.74. The molecule has 2 heterocycles. The number of benzene rings is 2. The van der Waals surface area contributed by atoms with Crippen molar-refractivity contribution >= 4 is 44.9 Å². The fourth-order valence-corrected chi connectivity index (χ4v) is 3.86. The highest BCUT2D eigenvalue weighted by Gasteiger charge is 2.36. The van der Waals surface area contributed by atoms with E-state index in [1.165, 1.54) is 6.92 Å². The van der Waals surface area contributed by atoms with Gasteiger partial charge in [0.25, 0.3) is 0 Å². The molecule has 2 aromatic carbocycles. The van der Waals surface area contributed by atoms with Gasteiger partial charge < -0.3 is 19.7 Å². The lowest BCUT2D eigenvalue weighted by Gasteiger charge is -2.18. The molecule has 1 unspecified atom stereocenters. The molecule has 28 heavy (non-hydrogen) atoms. The summed E-state index contributed by atoms with van der Waals surface area (Å²) in [4.78, 5) is 38.8. The number of ether oxygens (including phenoxy) is 2. The number of hydrogen-bond donors (Lipinski definition) is 1. The number of amides is 2. The number of fused-ring (bicyclic) bond motifs is 1. The minimum absolute atomic E-state index is 0.0715. The number of para-hydroxylation sites is 1. The summed E-state index contributed by atoms with van der Waals surface area (Å²) in [5, 5.41) is 2.78. The molecule has 7 nitrogen and oxygen atoms in total. The Labute approximate surface area is 169 Å². The molecular weight excluding hydrogens is 428 g/mol. The van der Waals surface area contributed by atoms with E-state index >= 15 is 0 Å². The van der Waals surface area contributed by atoms with E-state index in [0.29, 0.717) is 22.7 Å². The van der Waals surface area contributed by atoms with Gasteiger partial charge in [0.15, 0.2) is 17.3 Å². The summed E-state index contributed by atoms with van der Waals surface area (Å²) in [6, 6.07) is 10.5. The number of anilines is 2. The average Bonchev–Trinajstić information content (AvgIpc) is 3.27. The molecule has 0 bridgehead atoms. The Kier molecular flexibility index (Phi) is 4.80. The van der Waals surface area contributed by atoms with Gasteiger partial charge in [0.1, 0.15) is 0 Å². The summed E-state index contributed by atoms with van der Waals surface area (Å²) < 4.78 is 11.4. The van der Waals surface area contributed by atoms with Gasteiger partial charge in [0, 0.05) is 29.1 Å². The molecule has 0 aliphatic carbocycles. The Morgan fingerprint density at radius 3 is 2.61 bits per heavy atom. The molecule has 2 aliphatic heterocycles. The fraction of sp³-hybridized carbons (Fsp3) is 0.250. The van der Waals surface area contributed by atoms with E-state index in [1.54, 1.807) is 17.0 Å². The van der Waals surface area contributed by atoms with Gasteiger partial charge in [-0.1, -0.05) is 12.1 Å². The van der Waals surface area contributed by atoms with E-state index in [4.69, 9.17) is 9.47 Å². The predicted molar refractivity (Wildman–Crippen MR) is 106 cm³/mol. The highest BCUT2D eigenvalue weighted by molar-refractivity contribution is 9.10.